The van der Waals surface area contributed by atoms with Gasteiger partial charge in [0.2, 0.25) is 0 Å². The van der Waals surface area contributed by atoms with Crippen LogP contribution < -0.4 is 0 Å². The average Bonchev–Trinajstić information content (AvgIpc) is 3.40. The minimum absolute atomic E-state index is 0.134. The van der Waals surface area contributed by atoms with E-state index in [4.69, 9.17) is 4.74 Å². The monoisotopic (exact) mass is 498 g/mol. The topological polar surface area (TPSA) is 65.8 Å². The van der Waals surface area contributed by atoms with Crippen LogP contribution in [0.5, 0.6) is 0 Å². The van der Waals surface area contributed by atoms with Crippen molar-refractivity contribution in [3.05, 3.63) is 71.5 Å². The van der Waals surface area contributed by atoms with E-state index < -0.39 is 17.8 Å². The number of nitrogens with zero attached hydrogens (tertiary/aromatic N) is 2. The molecule has 0 amide bonds. The van der Waals surface area contributed by atoms with E-state index in [2.05, 4.69) is 68.2 Å². The van der Waals surface area contributed by atoms with Gasteiger partial charge in [-0.1, -0.05) is 57.2 Å². The number of rotatable bonds is 2. The van der Waals surface area contributed by atoms with Crippen LogP contribution in [0.25, 0.3) is 16.5 Å². The van der Waals surface area contributed by atoms with E-state index in [-0.39, 0.29) is 28.4 Å². The lowest BCUT2D eigenvalue weighted by Crippen LogP contribution is -2.63. The maximum absolute atomic E-state index is 11.3. The van der Waals surface area contributed by atoms with E-state index in [0.717, 1.165) is 30.4 Å². The number of likely N-dealkylation sites (N-methyl/N-ethyl adjacent to an activating group) is 1. The summed E-state index contributed by atoms with van der Waals surface area (Å²) in [7, 11) is 3.97. The predicted molar refractivity (Wildman–Crippen MR) is 146 cm³/mol. The van der Waals surface area contributed by atoms with Crippen molar-refractivity contribution in [2.24, 2.45) is 16.7 Å². The van der Waals surface area contributed by atoms with Crippen LogP contribution in [0.4, 0.5) is 0 Å². The first kappa shape index (κ1) is 23.8. The fraction of sp³-hybridized carbons (Fsp3) is 0.531. The van der Waals surface area contributed by atoms with Crippen LogP contribution in [0.1, 0.15) is 52.0 Å². The lowest BCUT2D eigenvalue weighted by Gasteiger charge is -2.60. The summed E-state index contributed by atoms with van der Waals surface area (Å²) in [4.78, 5) is 6.68. The molecule has 5 heteroatoms. The third-order valence-corrected chi connectivity index (χ3v) is 11.0. The molecule has 1 saturated heterocycles. The molecule has 7 atom stereocenters. The van der Waals surface area contributed by atoms with Gasteiger partial charge in [-0.2, -0.15) is 0 Å². The van der Waals surface area contributed by atoms with Crippen molar-refractivity contribution in [2.75, 3.05) is 14.1 Å². The van der Waals surface area contributed by atoms with Crippen LogP contribution >= 0.6 is 0 Å². The van der Waals surface area contributed by atoms with Gasteiger partial charge in [-0.15, -0.1) is 0 Å². The Kier molecular flexibility index (Phi) is 4.76. The number of hydrogen-bond acceptors (Lipinski definition) is 5. The standard InChI is InChI=1S/C32H38N2O3/c1-29(2)17-19-16-23-27(35)28(36)25(34(4)5)18-31(23)13-14-32(19,37-31)26-12-11-22(30(26,29)3)20-8-6-10-24-21(20)9-7-15-33-24/h6-11,15-17,25-28,35-36H,12-14,18H2,1-5H3/t25-,26?,27+,28+,30+,31+,32+/m0/s1. The molecule has 2 aliphatic heterocycles. The van der Waals surface area contributed by atoms with Gasteiger partial charge in [-0.3, -0.25) is 4.98 Å². The zero-order valence-electron chi connectivity index (χ0n) is 22.5. The average molecular weight is 499 g/mol. The highest BCUT2D eigenvalue weighted by molar-refractivity contribution is 5.94. The van der Waals surface area contributed by atoms with Gasteiger partial charge in [-0.25, -0.2) is 0 Å². The van der Waals surface area contributed by atoms with E-state index in [1.165, 1.54) is 22.1 Å². The van der Waals surface area contributed by atoms with Gasteiger partial charge in [-0.05, 0) is 79.6 Å². The first-order valence-corrected chi connectivity index (χ1v) is 13.8. The second-order valence-corrected chi connectivity index (χ2v) is 13.1. The third kappa shape index (κ3) is 2.81. The number of aromatic nitrogens is 1. The van der Waals surface area contributed by atoms with E-state index in [1.54, 1.807) is 0 Å². The van der Waals surface area contributed by atoms with Gasteiger partial charge < -0.3 is 19.8 Å². The second kappa shape index (κ2) is 7.41. The minimum Gasteiger partial charge on any atom is -0.388 e. The molecular formula is C32H38N2O3. The van der Waals surface area contributed by atoms with Crippen molar-refractivity contribution in [1.82, 2.24) is 9.88 Å². The molecule has 194 valence electrons. The molecule has 3 aliphatic carbocycles. The number of aliphatic hydroxyl groups excluding tert-OH is 2. The summed E-state index contributed by atoms with van der Waals surface area (Å²) in [6, 6.07) is 10.6. The molecular weight excluding hydrogens is 460 g/mol. The quantitative estimate of drug-likeness (QED) is 0.617. The Hall–Kier alpha value is -2.31. The largest absolute Gasteiger partial charge is 0.388 e. The highest BCUT2D eigenvalue weighted by Gasteiger charge is 2.70. The highest BCUT2D eigenvalue weighted by Crippen LogP contribution is 2.72. The first-order valence-electron chi connectivity index (χ1n) is 13.8. The summed E-state index contributed by atoms with van der Waals surface area (Å²) in [5, 5.41) is 23.5. The number of benzene rings is 1. The van der Waals surface area contributed by atoms with Crippen LogP contribution in [-0.2, 0) is 4.74 Å². The maximum atomic E-state index is 11.3. The molecule has 5 aliphatic rings. The van der Waals surface area contributed by atoms with Crippen LogP contribution in [0.2, 0.25) is 0 Å². The summed E-state index contributed by atoms with van der Waals surface area (Å²) in [5.74, 6) is 0.288. The molecule has 2 spiro atoms. The van der Waals surface area contributed by atoms with Crippen molar-refractivity contribution in [3.63, 3.8) is 0 Å². The van der Waals surface area contributed by atoms with E-state index in [0.29, 0.717) is 6.42 Å². The molecule has 7 rings (SSSR count). The van der Waals surface area contributed by atoms with Crippen molar-refractivity contribution < 1.29 is 14.9 Å². The van der Waals surface area contributed by atoms with Gasteiger partial charge >= 0.3 is 0 Å². The third-order valence-electron chi connectivity index (χ3n) is 11.0. The Morgan fingerprint density at radius 3 is 2.65 bits per heavy atom. The molecule has 1 saturated carbocycles. The number of ether oxygens (including phenoxy) is 1. The van der Waals surface area contributed by atoms with E-state index in [9.17, 15) is 10.2 Å². The van der Waals surface area contributed by atoms with Crippen molar-refractivity contribution in [1.29, 1.82) is 0 Å². The van der Waals surface area contributed by atoms with Crippen LogP contribution in [0.15, 0.2) is 65.9 Å². The van der Waals surface area contributed by atoms with Crippen LogP contribution in [0.3, 0.4) is 0 Å². The fourth-order valence-electron chi connectivity index (χ4n) is 8.82. The Morgan fingerprint density at radius 2 is 1.86 bits per heavy atom. The predicted octanol–water partition coefficient (Wildman–Crippen LogP) is 4.89. The lowest BCUT2D eigenvalue weighted by atomic mass is 9.49. The Bertz CT molecular complexity index is 1400. The number of aliphatic hydroxyl groups is 2. The Balaban J connectivity index is 1.39. The summed E-state index contributed by atoms with van der Waals surface area (Å²) < 4.78 is 7.34. The van der Waals surface area contributed by atoms with Crippen LogP contribution in [-0.4, -0.2) is 63.6 Å². The number of pyridine rings is 1. The van der Waals surface area contributed by atoms with Crippen molar-refractivity contribution >= 4 is 16.5 Å². The molecule has 5 nitrogen and oxygen atoms in total. The zero-order valence-corrected chi connectivity index (χ0v) is 22.5. The molecule has 2 aromatic rings. The Morgan fingerprint density at radius 1 is 1.05 bits per heavy atom. The normalized spacial score (nSPS) is 41.6. The molecule has 1 unspecified atom stereocenters. The van der Waals surface area contributed by atoms with Crippen molar-refractivity contribution in [2.45, 2.75) is 75.9 Å². The zero-order chi connectivity index (χ0) is 26.0. The maximum Gasteiger partial charge on any atom is 0.105 e. The van der Waals surface area contributed by atoms with Gasteiger partial charge in [0.05, 0.1) is 22.8 Å². The van der Waals surface area contributed by atoms with Gasteiger partial charge in [0.15, 0.2) is 0 Å². The fourth-order valence-corrected chi connectivity index (χ4v) is 8.82. The van der Waals surface area contributed by atoms with Gasteiger partial charge in [0.25, 0.3) is 0 Å². The molecule has 1 aromatic carbocycles. The SMILES string of the molecule is CN(C)[C@H]1C[C@@]23CC[C@@]4(O2)C(=CC(C)(C)[C@]2(C)C(c5cccc6ncccc56)=CCC42)C=C3[C@@H](O)[C@@H]1O. The Labute approximate surface area is 219 Å². The molecule has 2 N–H and O–H groups in total. The summed E-state index contributed by atoms with van der Waals surface area (Å²) in [6.07, 6.45) is 10.7. The number of allylic oxidation sites excluding steroid dienone is 3. The minimum atomic E-state index is -0.907. The van der Waals surface area contributed by atoms with Crippen molar-refractivity contribution in [3.8, 4) is 0 Å². The van der Waals surface area contributed by atoms with Gasteiger partial charge in [0.1, 0.15) is 6.10 Å². The molecule has 0 radical (unpaired) electrons. The summed E-state index contributed by atoms with van der Waals surface area (Å²) in [5.41, 5.74) is 4.62. The highest BCUT2D eigenvalue weighted by atomic mass is 16.5. The first-order chi connectivity index (χ1) is 17.5. The molecule has 37 heavy (non-hydrogen) atoms. The molecule has 3 heterocycles. The number of hydrogen-bond donors (Lipinski definition) is 2. The van der Waals surface area contributed by atoms with E-state index in [1.807, 2.05) is 31.3 Å². The smallest absolute Gasteiger partial charge is 0.105 e. The van der Waals surface area contributed by atoms with Gasteiger partial charge in [0, 0.05) is 29.0 Å². The van der Waals surface area contributed by atoms with E-state index >= 15 is 0 Å². The molecule has 2 fully saturated rings. The lowest BCUT2D eigenvalue weighted by molar-refractivity contribution is -0.170. The number of fused-ring (bicyclic) bond motifs is 2. The second-order valence-electron chi connectivity index (χ2n) is 13.1. The summed E-state index contributed by atoms with van der Waals surface area (Å²) >= 11 is 0. The molecule has 1 aromatic heterocycles. The molecule has 2 bridgehead atoms. The summed E-state index contributed by atoms with van der Waals surface area (Å²) in [6.45, 7) is 7.15. The van der Waals surface area contributed by atoms with Crippen LogP contribution in [0, 0.1) is 16.7 Å².